The zero-order chi connectivity index (χ0) is 13.9. The number of hydrogen-bond acceptors (Lipinski definition) is 3. The van der Waals surface area contributed by atoms with Crippen molar-refractivity contribution in [2.45, 2.75) is 63.6 Å². The van der Waals surface area contributed by atoms with Gasteiger partial charge in [0.2, 0.25) is 0 Å². The summed E-state index contributed by atoms with van der Waals surface area (Å²) in [5.74, 6) is -0.339. The molecule has 0 saturated heterocycles. The summed E-state index contributed by atoms with van der Waals surface area (Å²) in [4.78, 5) is 11.6. The largest absolute Gasteiger partial charge is 0.435 e. The summed E-state index contributed by atoms with van der Waals surface area (Å²) in [7, 11) is -1.90. The zero-order valence-corrected chi connectivity index (χ0v) is 14.7. The summed E-state index contributed by atoms with van der Waals surface area (Å²) in [5, 5.41) is 0. The van der Waals surface area contributed by atoms with E-state index in [1.165, 1.54) is 0 Å². The van der Waals surface area contributed by atoms with Crippen molar-refractivity contribution < 1.29 is 14.3 Å². The molecular formula is C11H22BrClO3Si. The van der Waals surface area contributed by atoms with Gasteiger partial charge in [0.25, 0.3) is 0 Å². The smallest absolute Gasteiger partial charge is 0.324 e. The molecule has 0 heterocycles. The number of carbonyl (C=O) groups is 1. The fraction of sp³-hybridized carbons (Fsp3) is 0.909. The monoisotopic (exact) mass is 344 g/mol. The van der Waals surface area contributed by atoms with Crippen molar-refractivity contribution in [3.05, 3.63) is 0 Å². The van der Waals surface area contributed by atoms with Gasteiger partial charge in [-0.05, 0) is 27.2 Å². The number of rotatable bonds is 6. The number of halogens is 2. The molecule has 0 aliphatic heterocycles. The van der Waals surface area contributed by atoms with E-state index in [1.54, 1.807) is 20.8 Å². The molecule has 2 unspecified atom stereocenters. The highest BCUT2D eigenvalue weighted by Gasteiger charge is 2.33. The Morgan fingerprint density at radius 1 is 1.47 bits per heavy atom. The van der Waals surface area contributed by atoms with Crippen LogP contribution in [0.15, 0.2) is 0 Å². The molecule has 0 aromatic rings. The van der Waals surface area contributed by atoms with Crippen molar-refractivity contribution in [3.63, 3.8) is 0 Å². The molecule has 3 nitrogen and oxygen atoms in total. The first-order chi connectivity index (χ1) is 7.48. The van der Waals surface area contributed by atoms with E-state index >= 15 is 0 Å². The summed E-state index contributed by atoms with van der Waals surface area (Å²) in [6, 6.07) is 0. The average Bonchev–Trinajstić information content (AvgIpc) is 2.10. The predicted octanol–water partition coefficient (Wildman–Crippen LogP) is 3.83. The molecule has 2 atom stereocenters. The van der Waals surface area contributed by atoms with Gasteiger partial charge in [0.1, 0.15) is 4.32 Å². The maximum absolute atomic E-state index is 11.6. The van der Waals surface area contributed by atoms with Crippen LogP contribution in [0.25, 0.3) is 0 Å². The van der Waals surface area contributed by atoms with Gasteiger partial charge in [-0.3, -0.25) is 4.79 Å². The Morgan fingerprint density at radius 3 is 2.24 bits per heavy atom. The minimum Gasteiger partial charge on any atom is -0.435 e. The van der Waals surface area contributed by atoms with Crippen molar-refractivity contribution >= 4 is 40.4 Å². The lowest BCUT2D eigenvalue weighted by Crippen LogP contribution is -2.41. The lowest BCUT2D eigenvalue weighted by atomic mass is 10.2. The third-order valence-corrected chi connectivity index (χ3v) is 5.38. The number of ether oxygens (including phenoxy) is 2. The molecule has 0 aromatic carbocycles. The van der Waals surface area contributed by atoms with Crippen LogP contribution in [0.4, 0.5) is 0 Å². The van der Waals surface area contributed by atoms with Gasteiger partial charge in [0.15, 0.2) is 13.7 Å². The molecule has 0 N–H and O–H groups in total. The fourth-order valence-electron chi connectivity index (χ4n) is 1.29. The van der Waals surface area contributed by atoms with Gasteiger partial charge in [-0.1, -0.05) is 35.9 Å². The van der Waals surface area contributed by atoms with Crippen LogP contribution >= 0.6 is 27.0 Å². The Labute approximate surface area is 118 Å². The maximum Gasteiger partial charge on any atom is 0.324 e. The van der Waals surface area contributed by atoms with Crippen molar-refractivity contribution in [3.8, 4) is 0 Å². The van der Waals surface area contributed by atoms with Gasteiger partial charge < -0.3 is 9.47 Å². The van der Waals surface area contributed by atoms with E-state index in [1.807, 2.05) is 20.0 Å². The topological polar surface area (TPSA) is 35.5 Å². The molecule has 0 amide bonds. The predicted molar refractivity (Wildman–Crippen MR) is 77.1 cm³/mol. The zero-order valence-electron chi connectivity index (χ0n) is 11.3. The first-order valence-electron chi connectivity index (χ1n) is 5.72. The van der Waals surface area contributed by atoms with Gasteiger partial charge in [-0.25, -0.2) is 0 Å². The summed E-state index contributed by atoms with van der Waals surface area (Å²) in [6.45, 7) is 11.2. The Morgan fingerprint density at radius 2 is 1.94 bits per heavy atom. The number of esters is 1. The van der Waals surface area contributed by atoms with Crippen LogP contribution in [0.1, 0.15) is 34.1 Å². The maximum atomic E-state index is 11.6. The molecule has 0 aliphatic carbocycles. The molecule has 0 spiro atoms. The van der Waals surface area contributed by atoms with Gasteiger partial charge in [0.05, 0.1) is 5.73 Å². The first kappa shape index (κ1) is 17.4. The minimum absolute atomic E-state index is 0.0228. The van der Waals surface area contributed by atoms with Crippen LogP contribution in [0.3, 0.4) is 0 Å². The van der Waals surface area contributed by atoms with E-state index in [-0.39, 0.29) is 11.7 Å². The van der Waals surface area contributed by atoms with Crippen molar-refractivity contribution in [1.82, 2.24) is 0 Å². The van der Waals surface area contributed by atoms with Crippen LogP contribution < -0.4 is 0 Å². The molecular weight excluding hydrogens is 324 g/mol. The number of alkyl halides is 1. The van der Waals surface area contributed by atoms with Gasteiger partial charge in [0, 0.05) is 0 Å². The lowest BCUT2D eigenvalue weighted by Gasteiger charge is -2.29. The Kier molecular flexibility index (Phi) is 6.71. The average molecular weight is 346 g/mol. The summed E-state index contributed by atoms with van der Waals surface area (Å²) in [5.41, 5.74) is -0.0228. The van der Waals surface area contributed by atoms with E-state index in [0.717, 1.165) is 6.42 Å². The Bertz CT molecular complexity index is 260. The molecule has 0 rings (SSSR count). The van der Waals surface area contributed by atoms with Crippen LogP contribution in [0.5, 0.6) is 0 Å². The second-order valence-electron chi connectivity index (χ2n) is 5.04. The summed E-state index contributed by atoms with van der Waals surface area (Å²) in [6.07, 6.45) is 0.247. The van der Waals surface area contributed by atoms with E-state index in [0.29, 0.717) is 0 Å². The first-order valence-corrected chi connectivity index (χ1v) is 10.6. The molecule has 0 aliphatic rings. The van der Waals surface area contributed by atoms with E-state index in [2.05, 4.69) is 15.9 Å². The highest BCUT2D eigenvalue weighted by Crippen LogP contribution is 2.23. The van der Waals surface area contributed by atoms with Crippen LogP contribution in [-0.2, 0) is 14.3 Å². The van der Waals surface area contributed by atoms with Crippen LogP contribution in [0.2, 0.25) is 13.1 Å². The minimum atomic E-state index is -1.90. The Balaban J connectivity index is 4.36. The van der Waals surface area contributed by atoms with Gasteiger partial charge in [-0.15, -0.1) is 0 Å². The quantitative estimate of drug-likeness (QED) is 0.241. The molecule has 0 radical (unpaired) electrons. The fourth-order valence-corrected chi connectivity index (χ4v) is 3.49. The highest BCUT2D eigenvalue weighted by atomic mass is 79.9. The Hall–Kier alpha value is 0.417. The highest BCUT2D eigenvalue weighted by molar-refractivity contribution is 9.10. The molecule has 0 saturated carbocycles. The van der Waals surface area contributed by atoms with Gasteiger partial charge >= 0.3 is 5.97 Å². The van der Waals surface area contributed by atoms with E-state index in [4.69, 9.17) is 20.6 Å². The molecule has 0 fully saturated rings. The normalized spacial score (nSPS) is 16.5. The molecule has 6 heteroatoms. The lowest BCUT2D eigenvalue weighted by molar-refractivity contribution is -0.180. The number of hydrogen-bond donors (Lipinski definition) is 0. The van der Waals surface area contributed by atoms with Crippen LogP contribution in [0, 0.1) is 0 Å². The van der Waals surface area contributed by atoms with Crippen molar-refractivity contribution in [2.75, 3.05) is 0 Å². The summed E-state index contributed by atoms with van der Waals surface area (Å²) < 4.78 is 10.2. The van der Waals surface area contributed by atoms with E-state index < -0.39 is 18.0 Å². The second-order valence-corrected chi connectivity index (χ2v) is 13.7. The van der Waals surface area contributed by atoms with Crippen LogP contribution in [-0.4, -0.2) is 29.7 Å². The van der Waals surface area contributed by atoms with Crippen molar-refractivity contribution in [1.29, 1.82) is 0 Å². The SMILES string of the molecule is CCC(OC(C)OC(=O)C(C)(C)Br)[Si](C)(C)Cl. The second kappa shape index (κ2) is 6.54. The molecule has 17 heavy (non-hydrogen) atoms. The molecule has 0 bridgehead atoms. The third-order valence-electron chi connectivity index (χ3n) is 2.25. The van der Waals surface area contributed by atoms with Gasteiger partial charge in [-0.2, -0.15) is 11.1 Å². The van der Waals surface area contributed by atoms with Crippen molar-refractivity contribution in [2.24, 2.45) is 0 Å². The standard InChI is InChI=1S/C11H22BrClO3Si/c1-7-9(17(5,6)13)15-8(2)16-10(14)11(3,4)12/h8-9H,7H2,1-6H3. The van der Waals surface area contributed by atoms with E-state index in [9.17, 15) is 4.79 Å². The third kappa shape index (κ3) is 6.79. The number of carbonyl (C=O) groups excluding carboxylic acids is 1. The molecule has 102 valence electrons. The molecule has 0 aromatic heterocycles. The summed E-state index contributed by atoms with van der Waals surface area (Å²) >= 11 is 9.58.